The first-order valence-corrected chi connectivity index (χ1v) is 10.1. The van der Waals surface area contributed by atoms with Crippen LogP contribution in [-0.4, -0.2) is 17.6 Å². The van der Waals surface area contributed by atoms with Crippen LogP contribution in [0.5, 0.6) is 0 Å². The Morgan fingerprint density at radius 2 is 1.72 bits per heavy atom. The van der Waals surface area contributed by atoms with E-state index in [0.717, 1.165) is 21.7 Å². The first-order valence-electron chi connectivity index (χ1n) is 9.08. The number of amides is 2. The molecule has 0 aliphatic rings. The summed E-state index contributed by atoms with van der Waals surface area (Å²) in [5.74, 6) is -0.959. The van der Waals surface area contributed by atoms with E-state index in [2.05, 4.69) is 10.6 Å². The maximum absolute atomic E-state index is 13.8. The Labute approximate surface area is 173 Å². The first-order chi connectivity index (χ1) is 13.9. The average molecular weight is 408 g/mol. The Hall–Kier alpha value is -3.12. The molecule has 0 aliphatic carbocycles. The third-order valence-corrected chi connectivity index (χ3v) is 5.24. The summed E-state index contributed by atoms with van der Waals surface area (Å²) in [4.78, 5) is 25.4. The summed E-state index contributed by atoms with van der Waals surface area (Å²) in [6, 6.07) is 18.9. The first kappa shape index (κ1) is 20.6. The van der Waals surface area contributed by atoms with Crippen molar-refractivity contribution < 1.29 is 14.0 Å². The molecule has 2 N–H and O–H groups in total. The van der Waals surface area contributed by atoms with Crippen molar-refractivity contribution in [2.24, 2.45) is 0 Å². The van der Waals surface area contributed by atoms with Crippen molar-refractivity contribution in [2.45, 2.75) is 18.7 Å². The summed E-state index contributed by atoms with van der Waals surface area (Å²) in [6.07, 6.45) is 0. The van der Waals surface area contributed by atoms with Gasteiger partial charge in [-0.3, -0.25) is 9.59 Å². The number of hydrogen-bond donors (Lipinski definition) is 2. The van der Waals surface area contributed by atoms with Gasteiger partial charge in [-0.05, 0) is 61.4 Å². The lowest BCUT2D eigenvalue weighted by molar-refractivity contribution is -0.113. The normalized spacial score (nSPS) is 10.4. The van der Waals surface area contributed by atoms with E-state index in [9.17, 15) is 14.0 Å². The molecule has 0 aromatic heterocycles. The zero-order valence-electron chi connectivity index (χ0n) is 16.2. The molecule has 4 nitrogen and oxygen atoms in total. The summed E-state index contributed by atoms with van der Waals surface area (Å²) in [5.41, 5.74) is 3.42. The van der Waals surface area contributed by atoms with Crippen LogP contribution >= 0.6 is 11.8 Å². The largest absolute Gasteiger partial charge is 0.325 e. The summed E-state index contributed by atoms with van der Waals surface area (Å²) in [6.45, 7) is 3.93. The van der Waals surface area contributed by atoms with Crippen LogP contribution in [0, 0.1) is 19.7 Å². The molecule has 0 unspecified atom stereocenters. The molecule has 0 heterocycles. The fourth-order valence-electron chi connectivity index (χ4n) is 2.71. The Balaban J connectivity index is 1.60. The molecule has 0 atom stereocenters. The van der Waals surface area contributed by atoms with E-state index in [1.54, 1.807) is 24.3 Å². The van der Waals surface area contributed by atoms with E-state index in [1.807, 2.05) is 38.1 Å². The molecule has 6 heteroatoms. The molecular weight excluding hydrogens is 387 g/mol. The van der Waals surface area contributed by atoms with Crippen LogP contribution < -0.4 is 10.6 Å². The van der Waals surface area contributed by atoms with Crippen molar-refractivity contribution in [1.82, 2.24) is 0 Å². The van der Waals surface area contributed by atoms with Gasteiger partial charge in [-0.2, -0.15) is 0 Å². The van der Waals surface area contributed by atoms with Gasteiger partial charge in [-0.25, -0.2) is 4.39 Å². The monoisotopic (exact) mass is 408 g/mol. The highest BCUT2D eigenvalue weighted by molar-refractivity contribution is 8.00. The fraction of sp³-hybridized carbons (Fsp3) is 0.130. The summed E-state index contributed by atoms with van der Waals surface area (Å²) >= 11 is 1.36. The van der Waals surface area contributed by atoms with Crippen LogP contribution in [0.1, 0.15) is 21.5 Å². The van der Waals surface area contributed by atoms with Gasteiger partial charge in [0.05, 0.1) is 11.3 Å². The van der Waals surface area contributed by atoms with Gasteiger partial charge >= 0.3 is 0 Å². The molecule has 148 valence electrons. The number of anilines is 2. The van der Waals surface area contributed by atoms with Gasteiger partial charge in [-0.1, -0.05) is 30.3 Å². The third-order valence-electron chi connectivity index (χ3n) is 4.25. The second-order valence-electron chi connectivity index (χ2n) is 6.62. The topological polar surface area (TPSA) is 58.2 Å². The average Bonchev–Trinajstić information content (AvgIpc) is 2.70. The minimum Gasteiger partial charge on any atom is -0.325 e. The number of carbonyl (C=O) groups is 2. The minimum atomic E-state index is -0.571. The predicted molar refractivity (Wildman–Crippen MR) is 116 cm³/mol. The zero-order chi connectivity index (χ0) is 20.8. The highest BCUT2D eigenvalue weighted by Gasteiger charge is 2.11. The minimum absolute atomic E-state index is 0.0153. The molecule has 29 heavy (non-hydrogen) atoms. The maximum atomic E-state index is 13.8. The van der Waals surface area contributed by atoms with E-state index < -0.39 is 11.7 Å². The number of aryl methyl sites for hydroxylation is 2. The van der Waals surface area contributed by atoms with Crippen molar-refractivity contribution in [2.75, 3.05) is 16.4 Å². The van der Waals surface area contributed by atoms with Gasteiger partial charge in [0.2, 0.25) is 5.91 Å². The lowest BCUT2D eigenvalue weighted by atomic mass is 10.1. The predicted octanol–water partition coefficient (Wildman–Crippen LogP) is 5.43. The van der Waals surface area contributed by atoms with E-state index in [1.165, 1.54) is 30.0 Å². The number of benzene rings is 3. The van der Waals surface area contributed by atoms with Gasteiger partial charge in [0.1, 0.15) is 5.82 Å². The Kier molecular flexibility index (Phi) is 6.67. The Morgan fingerprint density at radius 1 is 0.931 bits per heavy atom. The zero-order valence-corrected chi connectivity index (χ0v) is 17.0. The standard InChI is InChI=1S/C23H21FN2O2S/c1-15-10-11-16(2)21(12-15)26-22(27)14-29-18-7-5-6-17(13-18)25-23(28)19-8-3-4-9-20(19)24/h3-13H,14H2,1-2H3,(H,25,28)(H,26,27). The van der Waals surface area contributed by atoms with Gasteiger partial charge in [0.25, 0.3) is 5.91 Å². The molecular formula is C23H21FN2O2S. The van der Waals surface area contributed by atoms with E-state index in [4.69, 9.17) is 0 Å². The number of thioether (sulfide) groups is 1. The van der Waals surface area contributed by atoms with Gasteiger partial charge in [0.15, 0.2) is 0 Å². The van der Waals surface area contributed by atoms with E-state index in [0.29, 0.717) is 5.69 Å². The third kappa shape index (κ3) is 5.68. The Morgan fingerprint density at radius 3 is 2.52 bits per heavy atom. The molecule has 0 aliphatic heterocycles. The Bertz CT molecular complexity index is 1050. The van der Waals surface area contributed by atoms with Crippen molar-refractivity contribution >= 4 is 35.0 Å². The molecule has 0 saturated heterocycles. The second-order valence-corrected chi connectivity index (χ2v) is 7.67. The van der Waals surface area contributed by atoms with Crippen LogP contribution in [0.15, 0.2) is 71.6 Å². The highest BCUT2D eigenvalue weighted by Crippen LogP contribution is 2.23. The summed E-state index contributed by atoms with van der Waals surface area (Å²) in [7, 11) is 0. The number of carbonyl (C=O) groups excluding carboxylic acids is 2. The highest BCUT2D eigenvalue weighted by atomic mass is 32.2. The molecule has 3 aromatic carbocycles. The lowest BCUT2D eigenvalue weighted by Gasteiger charge is -2.10. The number of rotatable bonds is 6. The lowest BCUT2D eigenvalue weighted by Crippen LogP contribution is -2.15. The smallest absolute Gasteiger partial charge is 0.258 e. The molecule has 3 rings (SSSR count). The quantitative estimate of drug-likeness (QED) is 0.535. The SMILES string of the molecule is Cc1ccc(C)c(NC(=O)CSc2cccc(NC(=O)c3ccccc3F)c2)c1. The van der Waals surface area contributed by atoms with Crippen LogP contribution in [0.25, 0.3) is 0 Å². The summed E-state index contributed by atoms with van der Waals surface area (Å²) in [5, 5.41) is 5.61. The van der Waals surface area contributed by atoms with Crippen LogP contribution in [-0.2, 0) is 4.79 Å². The molecule has 2 amide bonds. The molecule has 0 spiro atoms. The van der Waals surface area contributed by atoms with Gasteiger partial charge in [0, 0.05) is 16.3 Å². The van der Waals surface area contributed by atoms with Crippen molar-refractivity contribution in [3.05, 3.63) is 89.2 Å². The van der Waals surface area contributed by atoms with Gasteiger partial charge < -0.3 is 10.6 Å². The van der Waals surface area contributed by atoms with Crippen LogP contribution in [0.2, 0.25) is 0 Å². The number of hydrogen-bond acceptors (Lipinski definition) is 3. The van der Waals surface area contributed by atoms with E-state index in [-0.39, 0.29) is 17.2 Å². The van der Waals surface area contributed by atoms with Crippen LogP contribution in [0.3, 0.4) is 0 Å². The van der Waals surface area contributed by atoms with E-state index >= 15 is 0 Å². The molecule has 0 bridgehead atoms. The van der Waals surface area contributed by atoms with Gasteiger partial charge in [-0.15, -0.1) is 11.8 Å². The number of nitrogens with one attached hydrogen (secondary N) is 2. The van der Waals surface area contributed by atoms with Crippen molar-refractivity contribution in [3.63, 3.8) is 0 Å². The van der Waals surface area contributed by atoms with Crippen molar-refractivity contribution in [3.8, 4) is 0 Å². The van der Waals surface area contributed by atoms with Crippen molar-refractivity contribution in [1.29, 1.82) is 0 Å². The molecule has 3 aromatic rings. The second kappa shape index (κ2) is 9.39. The number of halogens is 1. The fourth-order valence-corrected chi connectivity index (χ4v) is 3.47. The molecule has 0 saturated carbocycles. The summed E-state index contributed by atoms with van der Waals surface area (Å²) < 4.78 is 13.8. The molecule has 0 radical (unpaired) electrons. The molecule has 0 fully saturated rings. The maximum Gasteiger partial charge on any atom is 0.258 e. The van der Waals surface area contributed by atoms with Crippen LogP contribution in [0.4, 0.5) is 15.8 Å².